The number of nitrogens with one attached hydrogen (secondary N) is 2. The maximum absolute atomic E-state index is 12.8. The second kappa shape index (κ2) is 12.4. The molecular weight excluding hydrogens is 444 g/mol. The zero-order chi connectivity index (χ0) is 25.4. The molecule has 0 saturated heterocycles. The van der Waals surface area contributed by atoms with Gasteiger partial charge in [-0.3, -0.25) is 9.59 Å². The fourth-order valence-corrected chi connectivity index (χ4v) is 4.61. The quantitative estimate of drug-likeness (QED) is 0.392. The molecule has 0 spiro atoms. The van der Waals surface area contributed by atoms with Crippen LogP contribution in [-0.2, 0) is 14.3 Å². The van der Waals surface area contributed by atoms with E-state index in [1.165, 1.54) is 0 Å². The van der Waals surface area contributed by atoms with Gasteiger partial charge in [0.15, 0.2) is 0 Å². The van der Waals surface area contributed by atoms with Crippen LogP contribution in [0, 0.1) is 5.92 Å². The van der Waals surface area contributed by atoms with Crippen molar-refractivity contribution in [3.63, 3.8) is 0 Å². The van der Waals surface area contributed by atoms with E-state index in [9.17, 15) is 14.4 Å². The molecule has 3 N–H and O–H groups in total. The number of amides is 2. The van der Waals surface area contributed by atoms with Gasteiger partial charge in [-0.05, 0) is 48.4 Å². The minimum absolute atomic E-state index is 0.0418. The van der Waals surface area contributed by atoms with E-state index in [2.05, 4.69) is 34.9 Å². The van der Waals surface area contributed by atoms with Gasteiger partial charge in [0, 0.05) is 12.0 Å². The molecule has 3 rings (SSSR count). The summed E-state index contributed by atoms with van der Waals surface area (Å²) in [6.07, 6.45) is 2.56. The summed E-state index contributed by atoms with van der Waals surface area (Å²) in [5, 5.41) is 14.7. The molecule has 35 heavy (non-hydrogen) atoms. The summed E-state index contributed by atoms with van der Waals surface area (Å²) in [6, 6.07) is 15.5. The van der Waals surface area contributed by atoms with Gasteiger partial charge in [-0.1, -0.05) is 75.2 Å². The molecular formula is C28H36N2O5. The summed E-state index contributed by atoms with van der Waals surface area (Å²) < 4.78 is 5.60. The lowest BCUT2D eigenvalue weighted by atomic mass is 9.98. The Kier molecular flexibility index (Phi) is 9.29. The van der Waals surface area contributed by atoms with Crippen LogP contribution in [0.4, 0.5) is 4.79 Å². The summed E-state index contributed by atoms with van der Waals surface area (Å²) in [7, 11) is 0. The lowest BCUT2D eigenvalue weighted by Gasteiger charge is -2.22. The lowest BCUT2D eigenvalue weighted by molar-refractivity contribution is -0.141. The summed E-state index contributed by atoms with van der Waals surface area (Å²) in [4.78, 5) is 36.4. The highest BCUT2D eigenvalue weighted by molar-refractivity contribution is 5.86. The molecule has 2 amide bonds. The van der Waals surface area contributed by atoms with Crippen LogP contribution in [0.15, 0.2) is 48.5 Å². The van der Waals surface area contributed by atoms with Crippen molar-refractivity contribution in [2.24, 2.45) is 5.92 Å². The highest BCUT2D eigenvalue weighted by atomic mass is 16.5. The highest BCUT2D eigenvalue weighted by Crippen LogP contribution is 2.44. The number of carbonyl (C=O) groups is 3. The molecule has 1 aliphatic carbocycles. The van der Waals surface area contributed by atoms with Crippen LogP contribution >= 0.6 is 0 Å². The van der Waals surface area contributed by atoms with Crippen molar-refractivity contribution in [3.05, 3.63) is 59.7 Å². The van der Waals surface area contributed by atoms with Gasteiger partial charge in [0.05, 0.1) is 5.92 Å². The first-order valence-electron chi connectivity index (χ1n) is 12.5. The fourth-order valence-electron chi connectivity index (χ4n) is 4.61. The third-order valence-electron chi connectivity index (χ3n) is 6.61. The number of carbonyl (C=O) groups excluding carboxylic acids is 2. The summed E-state index contributed by atoms with van der Waals surface area (Å²) in [6.45, 7) is 5.72. The second-order valence-electron chi connectivity index (χ2n) is 9.39. The van der Waals surface area contributed by atoms with Crippen molar-refractivity contribution < 1.29 is 24.2 Å². The molecule has 2 unspecified atom stereocenters. The first-order valence-corrected chi connectivity index (χ1v) is 12.5. The van der Waals surface area contributed by atoms with Gasteiger partial charge in [-0.25, -0.2) is 4.79 Å². The van der Waals surface area contributed by atoms with E-state index in [4.69, 9.17) is 9.84 Å². The minimum Gasteiger partial charge on any atom is -0.481 e. The third-order valence-corrected chi connectivity index (χ3v) is 6.61. The van der Waals surface area contributed by atoms with E-state index >= 15 is 0 Å². The number of carboxylic acids is 1. The van der Waals surface area contributed by atoms with Gasteiger partial charge >= 0.3 is 12.1 Å². The van der Waals surface area contributed by atoms with Gasteiger partial charge in [0.25, 0.3) is 0 Å². The summed E-state index contributed by atoms with van der Waals surface area (Å²) in [5.74, 6) is -1.50. The number of aliphatic carboxylic acids is 1. The molecule has 0 aliphatic heterocycles. The molecule has 3 atom stereocenters. The van der Waals surface area contributed by atoms with Gasteiger partial charge in [-0.15, -0.1) is 0 Å². The Labute approximate surface area is 207 Å². The van der Waals surface area contributed by atoms with Gasteiger partial charge in [-0.2, -0.15) is 0 Å². The Morgan fingerprint density at radius 2 is 1.51 bits per heavy atom. The standard InChI is InChI=1S/C28H36N2O5/c1-4-10-25(26(31)29-19(3)12-9-11-18(2)27(32)33)30-28(34)35-17-24-22-15-7-5-13-20(22)21-14-6-8-16-23(21)24/h5-8,13-16,18-19,24-25H,4,9-12,17H2,1-3H3,(H,29,31)(H,30,34)(H,32,33)/t18?,19?,25-/m0/s1. The molecule has 2 aromatic carbocycles. The van der Waals surface area contributed by atoms with E-state index < -0.39 is 24.0 Å². The van der Waals surface area contributed by atoms with Crippen molar-refractivity contribution in [1.82, 2.24) is 10.6 Å². The number of benzene rings is 2. The molecule has 7 nitrogen and oxygen atoms in total. The first-order chi connectivity index (χ1) is 16.8. The monoisotopic (exact) mass is 480 g/mol. The Balaban J connectivity index is 1.53. The number of hydrogen-bond donors (Lipinski definition) is 3. The largest absolute Gasteiger partial charge is 0.481 e. The number of alkyl carbamates (subject to hydrolysis) is 1. The first kappa shape index (κ1) is 26.3. The molecule has 0 aromatic heterocycles. The lowest BCUT2D eigenvalue weighted by Crippen LogP contribution is -2.49. The molecule has 0 fully saturated rings. The molecule has 2 aromatic rings. The molecule has 7 heteroatoms. The molecule has 0 bridgehead atoms. The zero-order valence-corrected chi connectivity index (χ0v) is 20.8. The zero-order valence-electron chi connectivity index (χ0n) is 20.8. The molecule has 1 aliphatic rings. The van der Waals surface area contributed by atoms with E-state index in [1.807, 2.05) is 38.1 Å². The van der Waals surface area contributed by atoms with E-state index in [0.717, 1.165) is 28.7 Å². The van der Waals surface area contributed by atoms with Crippen LogP contribution in [0.3, 0.4) is 0 Å². The van der Waals surface area contributed by atoms with Crippen LogP contribution < -0.4 is 10.6 Å². The number of hydrogen-bond acceptors (Lipinski definition) is 4. The number of rotatable bonds is 12. The summed E-state index contributed by atoms with van der Waals surface area (Å²) >= 11 is 0. The van der Waals surface area contributed by atoms with Crippen LogP contribution in [0.2, 0.25) is 0 Å². The second-order valence-corrected chi connectivity index (χ2v) is 9.39. The predicted molar refractivity (Wildman–Crippen MR) is 135 cm³/mol. The Hall–Kier alpha value is -3.35. The van der Waals surface area contributed by atoms with Gasteiger partial charge < -0.3 is 20.5 Å². The SMILES string of the molecule is CCC[C@H](NC(=O)OCC1c2ccccc2-c2ccccc21)C(=O)NC(C)CCCC(C)C(=O)O. The Morgan fingerprint density at radius 3 is 2.09 bits per heavy atom. The van der Waals surface area contributed by atoms with Crippen molar-refractivity contribution in [3.8, 4) is 11.1 Å². The smallest absolute Gasteiger partial charge is 0.407 e. The van der Waals surface area contributed by atoms with Crippen LogP contribution in [-0.4, -0.2) is 41.8 Å². The normalized spacial score (nSPS) is 14.8. The minimum atomic E-state index is -0.808. The highest BCUT2D eigenvalue weighted by Gasteiger charge is 2.29. The summed E-state index contributed by atoms with van der Waals surface area (Å²) in [5.41, 5.74) is 4.59. The van der Waals surface area contributed by atoms with Crippen molar-refractivity contribution in [2.45, 2.75) is 70.9 Å². The van der Waals surface area contributed by atoms with E-state index in [1.54, 1.807) is 6.92 Å². The third kappa shape index (κ3) is 6.84. The van der Waals surface area contributed by atoms with Crippen LogP contribution in [0.1, 0.15) is 69.9 Å². The van der Waals surface area contributed by atoms with E-state index in [-0.39, 0.29) is 24.5 Å². The predicted octanol–water partition coefficient (Wildman–Crippen LogP) is 5.09. The number of ether oxygens (including phenoxy) is 1. The van der Waals surface area contributed by atoms with Crippen LogP contribution in [0.5, 0.6) is 0 Å². The van der Waals surface area contributed by atoms with Crippen molar-refractivity contribution >= 4 is 18.0 Å². The average Bonchev–Trinajstić information content (AvgIpc) is 3.16. The number of carboxylic acid groups (broad SMARTS) is 1. The van der Waals surface area contributed by atoms with Gasteiger partial charge in [0.2, 0.25) is 5.91 Å². The van der Waals surface area contributed by atoms with Gasteiger partial charge in [0.1, 0.15) is 12.6 Å². The maximum atomic E-state index is 12.8. The van der Waals surface area contributed by atoms with Crippen molar-refractivity contribution in [1.29, 1.82) is 0 Å². The molecule has 0 saturated carbocycles. The molecule has 188 valence electrons. The Morgan fingerprint density at radius 1 is 0.914 bits per heavy atom. The number of fused-ring (bicyclic) bond motifs is 3. The Bertz CT molecular complexity index is 992. The van der Waals surface area contributed by atoms with Crippen LogP contribution in [0.25, 0.3) is 11.1 Å². The maximum Gasteiger partial charge on any atom is 0.407 e. The van der Waals surface area contributed by atoms with Crippen molar-refractivity contribution in [2.75, 3.05) is 6.61 Å². The van der Waals surface area contributed by atoms with E-state index in [0.29, 0.717) is 25.7 Å². The molecule has 0 radical (unpaired) electrons. The molecule has 0 heterocycles. The topological polar surface area (TPSA) is 105 Å². The average molecular weight is 481 g/mol. The fraction of sp³-hybridized carbons (Fsp3) is 0.464.